The average Bonchev–Trinajstić information content (AvgIpc) is 1.21. The Balaban J connectivity index is 3.39. The Kier molecular flexibility index (Phi) is 2.41. The van der Waals surface area contributed by atoms with Crippen molar-refractivity contribution in [3.05, 3.63) is 0 Å². The van der Waals surface area contributed by atoms with Crippen molar-refractivity contribution in [2.45, 2.75) is 39.7 Å². The van der Waals surface area contributed by atoms with Gasteiger partial charge in [-0.3, -0.25) is 0 Å². The van der Waals surface area contributed by atoms with Gasteiger partial charge in [0.25, 0.3) is 0 Å². The van der Waals surface area contributed by atoms with Crippen molar-refractivity contribution in [3.8, 4) is 0 Å². The quantitative estimate of drug-likeness (QED) is 0.542. The summed E-state index contributed by atoms with van der Waals surface area (Å²) < 4.78 is 17.2. The zero-order valence-corrected chi connectivity index (χ0v) is 5.86. The van der Waals surface area contributed by atoms with Gasteiger partial charge in [-0.1, -0.05) is 0 Å². The standard InChI is InChI=1S/C6H13FO/c1-5(2)8-6(3,4)7/h5H,1-4H3. The highest BCUT2D eigenvalue weighted by Crippen LogP contribution is 2.12. The van der Waals surface area contributed by atoms with Crippen molar-refractivity contribution in [2.24, 2.45) is 0 Å². The van der Waals surface area contributed by atoms with Crippen LogP contribution in [0.15, 0.2) is 0 Å². The molecule has 0 radical (unpaired) electrons. The van der Waals surface area contributed by atoms with Crippen molar-refractivity contribution < 1.29 is 9.13 Å². The third-order valence-corrected chi connectivity index (χ3v) is 0.516. The lowest BCUT2D eigenvalue weighted by Gasteiger charge is -2.17. The van der Waals surface area contributed by atoms with E-state index < -0.39 is 5.85 Å². The van der Waals surface area contributed by atoms with Gasteiger partial charge < -0.3 is 4.74 Å². The molecule has 0 aromatic carbocycles. The summed E-state index contributed by atoms with van der Waals surface area (Å²) in [4.78, 5) is 0. The van der Waals surface area contributed by atoms with Gasteiger partial charge in [0.2, 0.25) is 5.85 Å². The summed E-state index contributed by atoms with van der Waals surface area (Å²) in [5.41, 5.74) is 0. The van der Waals surface area contributed by atoms with Gasteiger partial charge in [-0.05, 0) is 27.7 Å². The molecule has 0 atom stereocenters. The number of ether oxygens (including phenoxy) is 1. The van der Waals surface area contributed by atoms with E-state index >= 15 is 0 Å². The Morgan fingerprint density at radius 2 is 1.75 bits per heavy atom. The molecule has 0 bridgehead atoms. The van der Waals surface area contributed by atoms with Crippen LogP contribution in [0.4, 0.5) is 4.39 Å². The molecule has 1 nitrogen and oxygen atoms in total. The molecule has 0 N–H and O–H groups in total. The topological polar surface area (TPSA) is 9.23 Å². The van der Waals surface area contributed by atoms with Gasteiger partial charge in [-0.25, -0.2) is 4.39 Å². The Labute approximate surface area is 49.8 Å². The maximum atomic E-state index is 12.4. The van der Waals surface area contributed by atoms with Gasteiger partial charge >= 0.3 is 0 Å². The summed E-state index contributed by atoms with van der Waals surface area (Å²) in [5.74, 6) is -1.48. The molecule has 0 saturated heterocycles. The molecule has 0 aromatic rings. The summed E-state index contributed by atoms with van der Waals surface area (Å²) in [6.45, 7) is 6.41. The lowest BCUT2D eigenvalue weighted by molar-refractivity contribution is -0.142. The predicted octanol–water partition coefficient (Wildman–Crippen LogP) is 2.12. The highest BCUT2D eigenvalue weighted by atomic mass is 19.2. The number of alkyl halides is 1. The molecular formula is C6H13FO. The van der Waals surface area contributed by atoms with Crippen LogP contribution >= 0.6 is 0 Å². The first-order valence-corrected chi connectivity index (χ1v) is 2.78. The summed E-state index contributed by atoms with van der Waals surface area (Å²) >= 11 is 0. The van der Waals surface area contributed by atoms with Crippen LogP contribution in [-0.4, -0.2) is 12.0 Å². The Bertz CT molecular complexity index is 63.4. The van der Waals surface area contributed by atoms with Crippen LogP contribution in [0.2, 0.25) is 0 Å². The van der Waals surface area contributed by atoms with E-state index in [0.29, 0.717) is 0 Å². The van der Waals surface area contributed by atoms with Crippen LogP contribution < -0.4 is 0 Å². The molecule has 0 aliphatic heterocycles. The molecule has 50 valence electrons. The second-order valence-corrected chi connectivity index (χ2v) is 2.53. The number of halogens is 1. The van der Waals surface area contributed by atoms with Crippen LogP contribution in [-0.2, 0) is 4.74 Å². The lowest BCUT2D eigenvalue weighted by atomic mass is 10.4. The van der Waals surface area contributed by atoms with Gasteiger partial charge in [0.05, 0.1) is 6.10 Å². The van der Waals surface area contributed by atoms with Crippen LogP contribution in [0, 0.1) is 0 Å². The predicted molar refractivity (Wildman–Crippen MR) is 31.4 cm³/mol. The van der Waals surface area contributed by atoms with Gasteiger partial charge in [0.1, 0.15) is 0 Å². The van der Waals surface area contributed by atoms with Crippen molar-refractivity contribution in [1.29, 1.82) is 0 Å². The molecule has 0 aromatic heterocycles. The summed E-state index contributed by atoms with van der Waals surface area (Å²) in [5, 5.41) is 0. The molecule has 2 heteroatoms. The van der Waals surface area contributed by atoms with Crippen molar-refractivity contribution in [1.82, 2.24) is 0 Å². The summed E-state index contributed by atoms with van der Waals surface area (Å²) in [7, 11) is 0. The van der Waals surface area contributed by atoms with Crippen molar-refractivity contribution >= 4 is 0 Å². The monoisotopic (exact) mass is 120 g/mol. The van der Waals surface area contributed by atoms with E-state index in [1.807, 2.05) is 0 Å². The maximum Gasteiger partial charge on any atom is 0.203 e. The van der Waals surface area contributed by atoms with E-state index in [2.05, 4.69) is 0 Å². The summed E-state index contributed by atoms with van der Waals surface area (Å²) in [6, 6.07) is 0. The first-order valence-electron chi connectivity index (χ1n) is 2.78. The van der Waals surface area contributed by atoms with Gasteiger partial charge in [0, 0.05) is 0 Å². The second kappa shape index (κ2) is 2.44. The van der Waals surface area contributed by atoms with Crippen molar-refractivity contribution in [3.63, 3.8) is 0 Å². The summed E-state index contributed by atoms with van der Waals surface area (Å²) in [6.07, 6.45) is -0.0324. The molecule has 0 unspecified atom stereocenters. The fourth-order valence-electron chi connectivity index (χ4n) is 0.560. The molecule has 0 heterocycles. The Morgan fingerprint density at radius 3 is 1.75 bits per heavy atom. The second-order valence-electron chi connectivity index (χ2n) is 2.53. The largest absolute Gasteiger partial charge is 0.343 e. The highest BCUT2D eigenvalue weighted by Gasteiger charge is 2.16. The van der Waals surface area contributed by atoms with E-state index in [9.17, 15) is 4.39 Å². The lowest BCUT2D eigenvalue weighted by Crippen LogP contribution is -2.21. The zero-order valence-electron chi connectivity index (χ0n) is 5.86. The van der Waals surface area contributed by atoms with Gasteiger partial charge in [0.15, 0.2) is 0 Å². The molecule has 0 saturated carbocycles. The van der Waals surface area contributed by atoms with Gasteiger partial charge in [-0.2, -0.15) is 0 Å². The van der Waals surface area contributed by atoms with E-state index in [4.69, 9.17) is 4.74 Å². The van der Waals surface area contributed by atoms with E-state index in [1.54, 1.807) is 13.8 Å². The minimum absolute atomic E-state index is 0.0324. The third kappa shape index (κ3) is 5.89. The number of hydrogen-bond acceptors (Lipinski definition) is 1. The fourth-order valence-corrected chi connectivity index (χ4v) is 0.560. The van der Waals surface area contributed by atoms with E-state index in [-0.39, 0.29) is 6.10 Å². The molecular weight excluding hydrogens is 107 g/mol. The molecule has 0 fully saturated rings. The smallest absolute Gasteiger partial charge is 0.203 e. The first-order chi connectivity index (χ1) is 3.42. The van der Waals surface area contributed by atoms with Crippen molar-refractivity contribution in [2.75, 3.05) is 0 Å². The molecule has 0 spiro atoms. The number of hydrogen-bond donors (Lipinski definition) is 0. The van der Waals surface area contributed by atoms with Crippen LogP contribution in [0.3, 0.4) is 0 Å². The minimum atomic E-state index is -1.48. The zero-order chi connectivity index (χ0) is 6.78. The van der Waals surface area contributed by atoms with E-state index in [1.165, 1.54) is 13.8 Å². The van der Waals surface area contributed by atoms with E-state index in [0.717, 1.165) is 0 Å². The molecule has 0 aliphatic rings. The molecule has 0 aliphatic carbocycles. The Hall–Kier alpha value is -0.110. The van der Waals surface area contributed by atoms with Crippen LogP contribution in [0.5, 0.6) is 0 Å². The highest BCUT2D eigenvalue weighted by molar-refractivity contribution is 4.50. The maximum absolute atomic E-state index is 12.4. The SMILES string of the molecule is CC(C)OC(C)(C)F. The number of rotatable bonds is 2. The molecule has 0 rings (SSSR count). The average molecular weight is 120 g/mol. The van der Waals surface area contributed by atoms with Gasteiger partial charge in [-0.15, -0.1) is 0 Å². The molecule has 0 amide bonds. The van der Waals surface area contributed by atoms with Crippen LogP contribution in [0.1, 0.15) is 27.7 Å². The third-order valence-electron chi connectivity index (χ3n) is 0.516. The van der Waals surface area contributed by atoms with Crippen LogP contribution in [0.25, 0.3) is 0 Å². The minimum Gasteiger partial charge on any atom is -0.343 e. The first kappa shape index (κ1) is 7.89. The Morgan fingerprint density at radius 1 is 1.38 bits per heavy atom. The molecule has 8 heavy (non-hydrogen) atoms. The normalized spacial score (nSPS) is 12.8. The fraction of sp³-hybridized carbons (Fsp3) is 1.00.